The molecule has 4 unspecified atom stereocenters. The van der Waals surface area contributed by atoms with Crippen molar-refractivity contribution in [2.24, 2.45) is 11.7 Å². The number of benzene rings is 1. The number of pyridine rings is 1. The highest BCUT2D eigenvalue weighted by Gasteiger charge is 2.55. The van der Waals surface area contributed by atoms with Gasteiger partial charge in [-0.1, -0.05) is 26.0 Å². The summed E-state index contributed by atoms with van der Waals surface area (Å²) in [7, 11) is 0. The van der Waals surface area contributed by atoms with E-state index in [1.54, 1.807) is 24.3 Å². The Hall–Kier alpha value is -4.52. The molecule has 2 fully saturated rings. The number of nitrogens with two attached hydrogens (primary N) is 1. The number of hydrogen-bond donors (Lipinski definition) is 3. The molecule has 1 saturated heterocycles. The van der Waals surface area contributed by atoms with Crippen molar-refractivity contribution in [1.82, 2.24) is 25.5 Å². The number of aldehydes is 1. The van der Waals surface area contributed by atoms with Crippen LogP contribution in [0.4, 0.5) is 9.59 Å². The largest absolute Gasteiger partial charge is 0.488 e. The number of hydrogen-bond acceptors (Lipinski definition) is 9. The standard InChI is InChI=1S/C32H36N6O6S/c1-18(2)25-16-45-29(36-25)24-13-27(22-9-8-20(44-30(33)41)11-23(22)35-24)43-21-12-26-28(40)37-32(17-39)14-19(32)7-5-3-4-6-10-34-31(42)38(26)15-21/h5,7-9,11,13,16-19,21,26H,3-4,6,10,12,14-15H2,1-2H3,(H2,33,41)(H,34,42)(H,37,40)/b7-5+. The Balaban J connectivity index is 1.31. The smallest absolute Gasteiger partial charge is 0.409 e. The summed E-state index contributed by atoms with van der Waals surface area (Å²) in [4.78, 5) is 61.4. The maximum atomic E-state index is 13.6. The Morgan fingerprint density at radius 2 is 2.07 bits per heavy atom. The maximum Gasteiger partial charge on any atom is 0.409 e. The number of allylic oxidation sites excluding steroid dienone is 1. The minimum atomic E-state index is -0.942. The summed E-state index contributed by atoms with van der Waals surface area (Å²) in [5.74, 6) is 0.517. The fourth-order valence-corrected chi connectivity index (χ4v) is 6.82. The second-order valence-electron chi connectivity index (χ2n) is 12.1. The molecule has 0 bridgehead atoms. The lowest BCUT2D eigenvalue weighted by molar-refractivity contribution is -0.127. The van der Waals surface area contributed by atoms with Gasteiger partial charge in [-0.25, -0.2) is 19.6 Å². The average molecular weight is 633 g/mol. The Morgan fingerprint density at radius 1 is 1.22 bits per heavy atom. The van der Waals surface area contributed by atoms with Crippen LogP contribution in [-0.2, 0) is 9.59 Å². The van der Waals surface area contributed by atoms with E-state index in [1.807, 2.05) is 17.5 Å². The number of urea groups is 1. The van der Waals surface area contributed by atoms with Crippen LogP contribution < -0.4 is 25.8 Å². The Morgan fingerprint density at radius 3 is 2.82 bits per heavy atom. The zero-order valence-electron chi connectivity index (χ0n) is 25.2. The molecule has 2 aliphatic heterocycles. The van der Waals surface area contributed by atoms with E-state index in [-0.39, 0.29) is 42.5 Å². The molecule has 45 heavy (non-hydrogen) atoms. The summed E-state index contributed by atoms with van der Waals surface area (Å²) >= 11 is 1.46. The van der Waals surface area contributed by atoms with Crippen molar-refractivity contribution in [2.45, 2.75) is 69.6 Å². The van der Waals surface area contributed by atoms with Crippen molar-refractivity contribution >= 4 is 46.6 Å². The lowest BCUT2D eigenvalue weighted by atomic mass is 10.1. The molecule has 1 aromatic carbocycles. The number of thiazole rings is 1. The van der Waals surface area contributed by atoms with Gasteiger partial charge in [0.1, 0.15) is 46.2 Å². The number of aromatic nitrogens is 2. The third-order valence-corrected chi connectivity index (χ3v) is 9.36. The highest BCUT2D eigenvalue weighted by molar-refractivity contribution is 7.13. The number of fused-ring (bicyclic) bond motifs is 3. The first-order valence-electron chi connectivity index (χ1n) is 15.2. The number of primary amides is 1. The van der Waals surface area contributed by atoms with Gasteiger partial charge in [0.05, 0.1) is 17.8 Å². The van der Waals surface area contributed by atoms with Crippen LogP contribution in [0.5, 0.6) is 11.5 Å². The minimum Gasteiger partial charge on any atom is -0.488 e. The number of nitrogens with one attached hydrogen (secondary N) is 2. The molecule has 3 aromatic rings. The van der Waals surface area contributed by atoms with Crippen molar-refractivity contribution < 1.29 is 28.7 Å². The molecule has 236 valence electrons. The van der Waals surface area contributed by atoms with E-state index < -0.39 is 23.8 Å². The van der Waals surface area contributed by atoms with E-state index >= 15 is 0 Å². The molecule has 2 aromatic heterocycles. The number of rotatable bonds is 6. The average Bonchev–Trinajstić information content (AvgIpc) is 3.32. The fourth-order valence-electron chi connectivity index (χ4n) is 5.88. The normalized spacial score (nSPS) is 25.8. The first kappa shape index (κ1) is 30.5. The fraction of sp³-hybridized carbons (Fsp3) is 0.438. The van der Waals surface area contributed by atoms with Gasteiger partial charge >= 0.3 is 12.1 Å². The van der Waals surface area contributed by atoms with Crippen LogP contribution in [0.3, 0.4) is 0 Å². The van der Waals surface area contributed by atoms with Crippen LogP contribution in [0.25, 0.3) is 21.6 Å². The van der Waals surface area contributed by atoms with Gasteiger partial charge in [0, 0.05) is 41.8 Å². The van der Waals surface area contributed by atoms with Crippen LogP contribution in [0, 0.1) is 5.92 Å². The van der Waals surface area contributed by atoms with Gasteiger partial charge in [0.25, 0.3) is 0 Å². The highest BCUT2D eigenvalue weighted by Crippen LogP contribution is 2.43. The molecule has 13 heteroatoms. The van der Waals surface area contributed by atoms with Crippen LogP contribution in [0.15, 0.2) is 41.8 Å². The summed E-state index contributed by atoms with van der Waals surface area (Å²) in [5.41, 5.74) is 6.30. The zero-order chi connectivity index (χ0) is 31.7. The monoisotopic (exact) mass is 632 g/mol. The first-order valence-corrected chi connectivity index (χ1v) is 16.1. The van der Waals surface area contributed by atoms with E-state index in [4.69, 9.17) is 25.2 Å². The van der Waals surface area contributed by atoms with Gasteiger partial charge < -0.3 is 35.5 Å². The Bertz CT molecular complexity index is 1670. The van der Waals surface area contributed by atoms with Crippen LogP contribution in [0.2, 0.25) is 0 Å². The van der Waals surface area contributed by atoms with Crippen LogP contribution >= 0.6 is 11.3 Å². The molecule has 0 radical (unpaired) electrons. The van der Waals surface area contributed by atoms with Crippen molar-refractivity contribution in [3.05, 3.63) is 47.5 Å². The molecule has 3 aliphatic rings. The summed E-state index contributed by atoms with van der Waals surface area (Å²) in [6.07, 6.45) is 6.70. The quantitative estimate of drug-likeness (QED) is 0.268. The molecule has 4 N–H and O–H groups in total. The number of ether oxygens (including phenoxy) is 2. The van der Waals surface area contributed by atoms with E-state index in [2.05, 4.69) is 24.5 Å². The Labute approximate surface area is 264 Å². The molecule has 1 saturated carbocycles. The van der Waals surface area contributed by atoms with Crippen molar-refractivity contribution in [3.63, 3.8) is 0 Å². The molecule has 4 heterocycles. The predicted octanol–water partition coefficient (Wildman–Crippen LogP) is 4.28. The third kappa shape index (κ3) is 6.48. The minimum absolute atomic E-state index is 0.0512. The van der Waals surface area contributed by atoms with Gasteiger partial charge in [-0.15, -0.1) is 11.3 Å². The van der Waals surface area contributed by atoms with Crippen LogP contribution in [-0.4, -0.2) is 70.0 Å². The number of nitrogens with zero attached hydrogens (tertiary/aromatic N) is 3. The van der Waals surface area contributed by atoms with E-state index in [9.17, 15) is 19.2 Å². The molecule has 4 amide bonds. The van der Waals surface area contributed by atoms with Crippen molar-refractivity contribution in [3.8, 4) is 22.2 Å². The van der Waals surface area contributed by atoms with Crippen molar-refractivity contribution in [2.75, 3.05) is 13.1 Å². The predicted molar refractivity (Wildman–Crippen MR) is 168 cm³/mol. The molecule has 6 rings (SSSR count). The highest BCUT2D eigenvalue weighted by atomic mass is 32.1. The number of carbonyl (C=O) groups excluding carboxylic acids is 4. The third-order valence-electron chi connectivity index (χ3n) is 8.48. The zero-order valence-corrected chi connectivity index (χ0v) is 26.0. The van der Waals surface area contributed by atoms with E-state index in [0.717, 1.165) is 31.2 Å². The van der Waals surface area contributed by atoms with Crippen LogP contribution in [0.1, 0.15) is 57.6 Å². The summed E-state index contributed by atoms with van der Waals surface area (Å²) in [6.45, 7) is 4.78. The van der Waals surface area contributed by atoms with Gasteiger partial charge in [0.15, 0.2) is 0 Å². The molecule has 4 atom stereocenters. The maximum absolute atomic E-state index is 13.6. The van der Waals surface area contributed by atoms with E-state index in [0.29, 0.717) is 40.3 Å². The molecular weight excluding hydrogens is 596 g/mol. The number of carbonyl (C=O) groups is 4. The SMILES string of the molecule is CC(C)c1csc(-c2cc(OC3CC4C(=O)NC5(C=O)CC5/C=C/CCCCNC(=O)N4C3)c3ccc(OC(N)=O)cc3n2)n1. The molecule has 1 aliphatic carbocycles. The summed E-state index contributed by atoms with van der Waals surface area (Å²) < 4.78 is 11.7. The van der Waals surface area contributed by atoms with Crippen molar-refractivity contribution in [1.29, 1.82) is 0 Å². The molecule has 0 spiro atoms. The van der Waals surface area contributed by atoms with Gasteiger partial charge in [-0.05, 0) is 43.7 Å². The summed E-state index contributed by atoms with van der Waals surface area (Å²) in [6, 6.07) is 5.55. The molecular formula is C32H36N6O6S. The van der Waals surface area contributed by atoms with Gasteiger partial charge in [-0.2, -0.15) is 0 Å². The Kier molecular flexibility index (Phi) is 8.45. The number of amides is 4. The van der Waals surface area contributed by atoms with Gasteiger partial charge in [0.2, 0.25) is 5.91 Å². The second-order valence-corrected chi connectivity index (χ2v) is 13.0. The van der Waals surface area contributed by atoms with E-state index in [1.165, 1.54) is 16.2 Å². The first-order chi connectivity index (χ1) is 21.7. The molecule has 12 nitrogen and oxygen atoms in total. The topological polar surface area (TPSA) is 166 Å². The van der Waals surface area contributed by atoms with Gasteiger partial charge in [-0.3, -0.25) is 4.79 Å². The lowest BCUT2D eigenvalue weighted by Gasteiger charge is -2.25. The lowest BCUT2D eigenvalue weighted by Crippen LogP contribution is -2.53. The summed E-state index contributed by atoms with van der Waals surface area (Å²) in [5, 5.41) is 9.21. The second kappa shape index (κ2) is 12.5.